The number of nitrogens with zero attached hydrogens (tertiary/aromatic N) is 1. The quantitative estimate of drug-likeness (QED) is 0.699. The first-order chi connectivity index (χ1) is 6.13. The Kier molecular flexibility index (Phi) is 6.20. The van der Waals surface area contributed by atoms with Crippen molar-refractivity contribution in [3.63, 3.8) is 0 Å². The molecule has 0 saturated carbocycles. The van der Waals surface area contributed by atoms with Gasteiger partial charge in [-0.25, -0.2) is 0 Å². The van der Waals surface area contributed by atoms with Gasteiger partial charge in [-0.05, 0) is 18.8 Å². The third-order valence-electron chi connectivity index (χ3n) is 2.80. The molecule has 14 heavy (non-hydrogen) atoms. The van der Waals surface area contributed by atoms with Gasteiger partial charge in [0.2, 0.25) is 5.91 Å². The van der Waals surface area contributed by atoms with Crippen LogP contribution in [-0.4, -0.2) is 38.1 Å². The molecule has 1 aliphatic heterocycles. The zero-order valence-corrected chi connectivity index (χ0v) is 10.2. The Bertz CT molecular complexity index is 179. The summed E-state index contributed by atoms with van der Waals surface area (Å²) in [6.07, 6.45) is 2.06. The van der Waals surface area contributed by atoms with Gasteiger partial charge in [0, 0.05) is 33.2 Å². The molecule has 4 heteroatoms. The molecule has 1 aliphatic rings. The molecule has 1 fully saturated rings. The predicted octanol–water partition coefficient (Wildman–Crippen LogP) is 1.25. The van der Waals surface area contributed by atoms with Crippen molar-refractivity contribution in [1.29, 1.82) is 0 Å². The lowest BCUT2D eigenvalue weighted by Gasteiger charge is -2.28. The summed E-state index contributed by atoms with van der Waals surface area (Å²) in [6, 6.07) is 0. The fourth-order valence-electron chi connectivity index (χ4n) is 1.82. The van der Waals surface area contributed by atoms with Crippen LogP contribution < -0.4 is 0 Å². The van der Waals surface area contributed by atoms with E-state index in [0.717, 1.165) is 26.1 Å². The van der Waals surface area contributed by atoms with Crippen LogP contribution in [0.15, 0.2) is 0 Å². The van der Waals surface area contributed by atoms with E-state index in [4.69, 9.17) is 4.74 Å². The molecule has 1 saturated heterocycles. The summed E-state index contributed by atoms with van der Waals surface area (Å²) >= 11 is 0. The summed E-state index contributed by atoms with van der Waals surface area (Å²) < 4.78 is 5.27. The normalized spacial score (nSPS) is 19.6. The third kappa shape index (κ3) is 3.50. The number of amides is 1. The van der Waals surface area contributed by atoms with E-state index in [1.807, 2.05) is 21.0 Å². The van der Waals surface area contributed by atoms with E-state index >= 15 is 0 Å². The van der Waals surface area contributed by atoms with Gasteiger partial charge in [0.15, 0.2) is 0 Å². The summed E-state index contributed by atoms with van der Waals surface area (Å²) in [5.41, 5.74) is 0. The van der Waals surface area contributed by atoms with Crippen LogP contribution in [0.4, 0.5) is 0 Å². The molecule has 3 nitrogen and oxygen atoms in total. The van der Waals surface area contributed by atoms with Crippen molar-refractivity contribution in [2.75, 3.05) is 27.3 Å². The molecular weight excluding hydrogens is 198 g/mol. The number of carbonyl (C=O) groups excluding carboxylic acids is 1. The molecule has 0 N–H and O–H groups in total. The minimum atomic E-state index is 0. The van der Waals surface area contributed by atoms with Crippen molar-refractivity contribution in [3.8, 4) is 0 Å². The molecule has 0 aliphatic carbocycles. The average Bonchev–Trinajstić information content (AvgIpc) is 2.17. The van der Waals surface area contributed by atoms with Crippen molar-refractivity contribution in [3.05, 3.63) is 0 Å². The van der Waals surface area contributed by atoms with Gasteiger partial charge in [0.1, 0.15) is 0 Å². The van der Waals surface area contributed by atoms with Gasteiger partial charge in [0.25, 0.3) is 0 Å². The van der Waals surface area contributed by atoms with Crippen LogP contribution in [0.2, 0.25) is 0 Å². The van der Waals surface area contributed by atoms with Crippen LogP contribution >= 0.6 is 13.5 Å². The van der Waals surface area contributed by atoms with E-state index in [-0.39, 0.29) is 25.3 Å². The lowest BCUT2D eigenvalue weighted by atomic mass is 9.86. The second-order valence-corrected chi connectivity index (χ2v) is 3.97. The predicted molar refractivity (Wildman–Crippen MR) is 61.8 cm³/mol. The Labute approximate surface area is 93.2 Å². The SMILES string of the molecule is C[C@H](C(=O)N(C)C)C1CCOCC1.S. The van der Waals surface area contributed by atoms with Crippen LogP contribution in [0.1, 0.15) is 19.8 Å². The summed E-state index contributed by atoms with van der Waals surface area (Å²) in [4.78, 5) is 13.3. The first-order valence-corrected chi connectivity index (χ1v) is 4.92. The fourth-order valence-corrected chi connectivity index (χ4v) is 1.82. The van der Waals surface area contributed by atoms with Crippen molar-refractivity contribution in [2.45, 2.75) is 19.8 Å². The lowest BCUT2D eigenvalue weighted by molar-refractivity contribution is -0.135. The van der Waals surface area contributed by atoms with Gasteiger partial charge < -0.3 is 9.64 Å². The van der Waals surface area contributed by atoms with Gasteiger partial charge in [-0.1, -0.05) is 6.92 Å². The van der Waals surface area contributed by atoms with Crippen LogP contribution in [-0.2, 0) is 9.53 Å². The maximum absolute atomic E-state index is 11.6. The minimum absolute atomic E-state index is 0. The smallest absolute Gasteiger partial charge is 0.225 e. The van der Waals surface area contributed by atoms with Gasteiger partial charge in [-0.15, -0.1) is 0 Å². The highest BCUT2D eigenvalue weighted by atomic mass is 32.1. The van der Waals surface area contributed by atoms with Crippen molar-refractivity contribution in [1.82, 2.24) is 4.90 Å². The molecule has 1 rings (SSSR count). The minimum Gasteiger partial charge on any atom is -0.381 e. The molecule has 0 bridgehead atoms. The summed E-state index contributed by atoms with van der Waals surface area (Å²) in [7, 11) is 3.64. The molecule has 84 valence electrons. The molecule has 0 aromatic carbocycles. The summed E-state index contributed by atoms with van der Waals surface area (Å²) in [5.74, 6) is 0.912. The largest absolute Gasteiger partial charge is 0.381 e. The van der Waals surface area contributed by atoms with Crippen LogP contribution in [0.25, 0.3) is 0 Å². The topological polar surface area (TPSA) is 29.5 Å². The van der Waals surface area contributed by atoms with Crippen molar-refractivity contribution >= 4 is 19.4 Å². The Morgan fingerprint density at radius 3 is 2.29 bits per heavy atom. The maximum Gasteiger partial charge on any atom is 0.225 e. The van der Waals surface area contributed by atoms with E-state index in [1.54, 1.807) is 4.90 Å². The second-order valence-electron chi connectivity index (χ2n) is 3.97. The molecule has 0 spiro atoms. The molecule has 1 atom stereocenters. The molecule has 0 radical (unpaired) electrons. The van der Waals surface area contributed by atoms with E-state index in [0.29, 0.717) is 5.92 Å². The third-order valence-corrected chi connectivity index (χ3v) is 2.80. The molecule has 0 unspecified atom stereocenters. The monoisotopic (exact) mass is 219 g/mol. The van der Waals surface area contributed by atoms with Gasteiger partial charge in [-0.3, -0.25) is 4.79 Å². The van der Waals surface area contributed by atoms with Gasteiger partial charge in [-0.2, -0.15) is 13.5 Å². The number of hydrogen-bond donors (Lipinski definition) is 0. The maximum atomic E-state index is 11.6. The molecule has 1 heterocycles. The summed E-state index contributed by atoms with van der Waals surface area (Å²) in [5, 5.41) is 0. The van der Waals surface area contributed by atoms with Crippen LogP contribution in [0.5, 0.6) is 0 Å². The number of carbonyl (C=O) groups is 1. The van der Waals surface area contributed by atoms with E-state index in [9.17, 15) is 4.79 Å². The Hall–Kier alpha value is -0.220. The van der Waals surface area contributed by atoms with Crippen LogP contribution in [0.3, 0.4) is 0 Å². The highest BCUT2D eigenvalue weighted by molar-refractivity contribution is 7.59. The first kappa shape index (κ1) is 13.8. The van der Waals surface area contributed by atoms with Crippen LogP contribution in [0, 0.1) is 11.8 Å². The highest BCUT2D eigenvalue weighted by Gasteiger charge is 2.26. The Morgan fingerprint density at radius 1 is 1.36 bits per heavy atom. The lowest BCUT2D eigenvalue weighted by Crippen LogP contribution is -2.34. The zero-order chi connectivity index (χ0) is 9.84. The van der Waals surface area contributed by atoms with Gasteiger partial charge in [0.05, 0.1) is 0 Å². The van der Waals surface area contributed by atoms with Crippen molar-refractivity contribution < 1.29 is 9.53 Å². The Balaban J connectivity index is 0.00000169. The number of rotatable bonds is 2. The zero-order valence-electron chi connectivity index (χ0n) is 9.25. The van der Waals surface area contributed by atoms with E-state index in [2.05, 4.69) is 0 Å². The standard InChI is InChI=1S/C10H19NO2.H2S/c1-8(10(12)11(2)3)9-4-6-13-7-5-9;/h8-9H,4-7H2,1-3H3;1H2/t8-;/m0./s1. The van der Waals surface area contributed by atoms with E-state index < -0.39 is 0 Å². The average molecular weight is 219 g/mol. The number of ether oxygens (including phenoxy) is 1. The van der Waals surface area contributed by atoms with Crippen molar-refractivity contribution in [2.24, 2.45) is 11.8 Å². The van der Waals surface area contributed by atoms with Gasteiger partial charge >= 0.3 is 0 Å². The van der Waals surface area contributed by atoms with E-state index in [1.165, 1.54) is 0 Å². The molecule has 1 amide bonds. The summed E-state index contributed by atoms with van der Waals surface area (Å²) in [6.45, 7) is 3.66. The molecule has 0 aromatic rings. The fraction of sp³-hybridized carbons (Fsp3) is 0.900. The molecular formula is C10H21NO2S. The second kappa shape index (κ2) is 6.30. The highest BCUT2D eigenvalue weighted by Crippen LogP contribution is 2.24. The first-order valence-electron chi connectivity index (χ1n) is 4.92. The molecule has 0 aromatic heterocycles. The Morgan fingerprint density at radius 2 is 1.86 bits per heavy atom. The number of hydrogen-bond acceptors (Lipinski definition) is 2.